The van der Waals surface area contributed by atoms with Crippen molar-refractivity contribution in [2.45, 2.75) is 38.3 Å². The molecule has 0 saturated heterocycles. The summed E-state index contributed by atoms with van der Waals surface area (Å²) < 4.78 is 0. The van der Waals surface area contributed by atoms with E-state index in [0.717, 1.165) is 0 Å². The number of aliphatic hydroxyl groups is 1. The summed E-state index contributed by atoms with van der Waals surface area (Å²) in [4.78, 5) is 84.7. The Morgan fingerprint density at radius 1 is 1.05 bits per heavy atom. The van der Waals surface area contributed by atoms with Gasteiger partial charge in [-0.05, 0) is 58.3 Å². The highest BCUT2D eigenvalue weighted by Gasteiger charge is 2.69. The van der Waals surface area contributed by atoms with E-state index in [1.807, 2.05) is 0 Å². The zero-order chi connectivity index (χ0) is 30.0. The molecule has 2 fully saturated rings. The third-order valence-electron chi connectivity index (χ3n) is 8.80. The van der Waals surface area contributed by atoms with Gasteiger partial charge in [-0.2, -0.15) is 0 Å². The van der Waals surface area contributed by atoms with Crippen LogP contribution in [0.2, 0.25) is 0 Å². The summed E-state index contributed by atoms with van der Waals surface area (Å²) in [5, 5.41) is 23.0. The summed E-state index contributed by atoms with van der Waals surface area (Å²) >= 11 is 0. The maximum atomic E-state index is 14.0. The number of Topliss-reactive ketones (excluding diaryl/α,β-unsaturated/α-hetero) is 4. The SMILES string of the molecule is CCN(CC)C(=O)c1cc(N(C)C)c2c(c1O)C(=O)C1C(=O)[C@]3(O)C(=O)C(C(N)=O)C(=O)[C@@H](N(C)C)[C@@H]3C[C@@H]1C2. The number of hydrogen-bond acceptors (Lipinski definition) is 10. The zero-order valence-corrected chi connectivity index (χ0v) is 23.6. The molecule has 2 amide bonds. The Bertz CT molecular complexity index is 1330. The maximum absolute atomic E-state index is 14.0. The van der Waals surface area contributed by atoms with Crippen molar-refractivity contribution in [2.75, 3.05) is 46.2 Å². The van der Waals surface area contributed by atoms with E-state index >= 15 is 0 Å². The normalized spacial score (nSPS) is 29.6. The standard InChI is InChI=1S/C28H36N4O8/c1-7-32(8-2)27(39)14-11-16(30(3)4)13-9-12-10-15-20(31(5)6)23(35)19(26(29)38)25(37)28(15,40)24(36)17(12)22(34)18(13)21(14)33/h11-12,15,17,19-20,33,40H,7-10H2,1-6H3,(H2,29,38)/t12-,15-,17?,19?,20-,28-/m0/s1. The number of rotatable bonds is 6. The first-order valence-electron chi connectivity index (χ1n) is 13.3. The number of primary amides is 1. The lowest BCUT2D eigenvalue weighted by Crippen LogP contribution is -2.74. The summed E-state index contributed by atoms with van der Waals surface area (Å²) in [6.45, 7) is 4.29. The number of hydrogen-bond donors (Lipinski definition) is 3. The van der Waals surface area contributed by atoms with E-state index in [4.69, 9.17) is 5.73 Å². The molecule has 0 spiro atoms. The molecule has 0 bridgehead atoms. The molecule has 216 valence electrons. The van der Waals surface area contributed by atoms with Crippen molar-refractivity contribution in [3.63, 3.8) is 0 Å². The Balaban J connectivity index is 1.91. The summed E-state index contributed by atoms with van der Waals surface area (Å²) in [6, 6.07) is 0.356. The van der Waals surface area contributed by atoms with Crippen molar-refractivity contribution in [3.8, 4) is 5.75 Å². The molecular formula is C28H36N4O8. The number of aromatic hydroxyl groups is 1. The molecule has 40 heavy (non-hydrogen) atoms. The Morgan fingerprint density at radius 2 is 1.65 bits per heavy atom. The van der Waals surface area contributed by atoms with Crippen molar-refractivity contribution < 1.29 is 39.0 Å². The number of nitrogens with two attached hydrogens (primary N) is 1. The van der Waals surface area contributed by atoms with Crippen LogP contribution in [0.15, 0.2) is 6.07 Å². The fourth-order valence-corrected chi connectivity index (χ4v) is 6.90. The summed E-state index contributed by atoms with van der Waals surface area (Å²) in [5.41, 5.74) is 3.20. The van der Waals surface area contributed by atoms with E-state index in [2.05, 4.69) is 0 Å². The van der Waals surface area contributed by atoms with E-state index in [1.165, 1.54) is 30.0 Å². The van der Waals surface area contributed by atoms with Crippen LogP contribution in [-0.4, -0.2) is 108 Å². The Morgan fingerprint density at radius 3 is 2.15 bits per heavy atom. The number of anilines is 1. The molecule has 0 aliphatic heterocycles. The quantitative estimate of drug-likeness (QED) is 0.384. The van der Waals surface area contributed by atoms with Gasteiger partial charge >= 0.3 is 0 Å². The van der Waals surface area contributed by atoms with Crippen LogP contribution in [0.4, 0.5) is 5.69 Å². The number of nitrogens with zero attached hydrogens (tertiary/aromatic N) is 3. The smallest absolute Gasteiger partial charge is 0.257 e. The second-order valence-corrected chi connectivity index (χ2v) is 11.3. The first-order valence-corrected chi connectivity index (χ1v) is 13.3. The van der Waals surface area contributed by atoms with Crippen molar-refractivity contribution in [1.29, 1.82) is 0 Å². The first kappa shape index (κ1) is 29.3. The number of phenolic OH excluding ortho intramolecular Hbond substituents is 1. The maximum Gasteiger partial charge on any atom is 0.257 e. The largest absolute Gasteiger partial charge is 0.506 e. The van der Waals surface area contributed by atoms with E-state index in [0.29, 0.717) is 24.3 Å². The van der Waals surface area contributed by atoms with Gasteiger partial charge in [0.1, 0.15) is 5.75 Å². The second-order valence-electron chi connectivity index (χ2n) is 11.3. The molecular weight excluding hydrogens is 520 g/mol. The molecule has 4 rings (SSSR count). The van der Waals surface area contributed by atoms with E-state index < -0.39 is 76.0 Å². The highest BCUT2D eigenvalue weighted by atomic mass is 16.3. The topological polar surface area (TPSA) is 179 Å². The number of ketones is 4. The van der Waals surface area contributed by atoms with Crippen LogP contribution in [0.1, 0.15) is 46.5 Å². The molecule has 12 heteroatoms. The van der Waals surface area contributed by atoms with Crippen LogP contribution in [0.3, 0.4) is 0 Å². The number of fused-ring (bicyclic) bond motifs is 3. The molecule has 2 saturated carbocycles. The van der Waals surface area contributed by atoms with Gasteiger partial charge in [-0.25, -0.2) is 0 Å². The summed E-state index contributed by atoms with van der Waals surface area (Å²) in [7, 11) is 6.52. The molecule has 3 aliphatic rings. The lowest BCUT2D eigenvalue weighted by molar-refractivity contribution is -0.181. The minimum Gasteiger partial charge on any atom is -0.506 e. The van der Waals surface area contributed by atoms with Crippen molar-refractivity contribution in [3.05, 3.63) is 22.8 Å². The third-order valence-corrected chi connectivity index (χ3v) is 8.80. The van der Waals surface area contributed by atoms with Crippen LogP contribution in [0.25, 0.3) is 0 Å². The summed E-state index contributed by atoms with van der Waals surface area (Å²) in [6.07, 6.45) is 0.0737. The average molecular weight is 557 g/mol. The molecule has 0 heterocycles. The predicted octanol–water partition coefficient (Wildman–Crippen LogP) is -0.585. The Hall–Kier alpha value is -3.64. The van der Waals surface area contributed by atoms with E-state index in [9.17, 15) is 39.0 Å². The van der Waals surface area contributed by atoms with Gasteiger partial charge in [0, 0.05) is 38.8 Å². The van der Waals surface area contributed by atoms with Crippen LogP contribution in [-0.2, 0) is 25.6 Å². The molecule has 0 radical (unpaired) electrons. The van der Waals surface area contributed by atoms with Crippen LogP contribution >= 0.6 is 0 Å². The van der Waals surface area contributed by atoms with Crippen molar-refractivity contribution >= 4 is 40.6 Å². The van der Waals surface area contributed by atoms with Gasteiger partial charge in [0.05, 0.1) is 23.1 Å². The minimum absolute atomic E-state index is 0.0440. The second kappa shape index (κ2) is 10.1. The highest BCUT2D eigenvalue weighted by molar-refractivity contribution is 6.32. The van der Waals surface area contributed by atoms with Crippen LogP contribution in [0.5, 0.6) is 5.75 Å². The molecule has 1 aromatic carbocycles. The van der Waals surface area contributed by atoms with Crippen molar-refractivity contribution in [2.24, 2.45) is 29.4 Å². The fraction of sp³-hybridized carbons (Fsp3) is 0.571. The monoisotopic (exact) mass is 556 g/mol. The highest BCUT2D eigenvalue weighted by Crippen LogP contribution is 2.52. The zero-order valence-electron chi connectivity index (χ0n) is 23.6. The molecule has 12 nitrogen and oxygen atoms in total. The number of carbonyl (C=O) groups excluding carboxylic acids is 6. The molecule has 3 aliphatic carbocycles. The number of likely N-dealkylation sites (N-methyl/N-ethyl adjacent to an activating group) is 1. The average Bonchev–Trinajstić information content (AvgIpc) is 2.86. The van der Waals surface area contributed by atoms with Gasteiger partial charge in [-0.3, -0.25) is 33.7 Å². The van der Waals surface area contributed by atoms with Crippen molar-refractivity contribution in [1.82, 2.24) is 9.80 Å². The van der Waals surface area contributed by atoms with Crippen LogP contribution in [0, 0.1) is 23.7 Å². The molecule has 0 aromatic heterocycles. The first-order chi connectivity index (χ1) is 18.6. The number of carbonyl (C=O) groups is 6. The lowest BCUT2D eigenvalue weighted by atomic mass is 9.52. The lowest BCUT2D eigenvalue weighted by Gasteiger charge is -2.52. The summed E-state index contributed by atoms with van der Waals surface area (Å²) in [5.74, 6) is -11.9. The molecule has 1 aromatic rings. The minimum atomic E-state index is -2.80. The van der Waals surface area contributed by atoms with Gasteiger partial charge in [0.25, 0.3) is 5.91 Å². The van der Waals surface area contributed by atoms with E-state index in [-0.39, 0.29) is 24.0 Å². The third kappa shape index (κ3) is 3.95. The number of amides is 2. The number of phenols is 1. The molecule has 6 atom stereocenters. The van der Waals surface area contributed by atoms with E-state index in [1.54, 1.807) is 32.8 Å². The Kier molecular flexibility index (Phi) is 7.39. The van der Waals surface area contributed by atoms with Gasteiger partial charge in [0.2, 0.25) is 5.91 Å². The van der Waals surface area contributed by atoms with Gasteiger partial charge in [-0.15, -0.1) is 0 Å². The van der Waals surface area contributed by atoms with Crippen LogP contribution < -0.4 is 10.6 Å². The van der Waals surface area contributed by atoms with Gasteiger partial charge in [-0.1, -0.05) is 0 Å². The molecule has 2 unspecified atom stereocenters. The Labute approximate surface area is 232 Å². The van der Waals surface area contributed by atoms with Gasteiger partial charge < -0.3 is 25.7 Å². The molecule has 4 N–H and O–H groups in total. The van der Waals surface area contributed by atoms with Gasteiger partial charge in [0.15, 0.2) is 34.7 Å². The number of benzene rings is 1. The fourth-order valence-electron chi connectivity index (χ4n) is 6.90. The predicted molar refractivity (Wildman–Crippen MR) is 143 cm³/mol.